The zero-order valence-corrected chi connectivity index (χ0v) is 13.5. The number of rotatable bonds is 5. The maximum Gasteiger partial charge on any atom is 0.315 e. The standard InChI is InChI=1S/C19H20N4O/c1-15(16-7-3-2-4-8-16)22-19(24)21-13-17-9-5-6-10-18(17)23-12-11-20-14-23/h2-12,14-15H,13H2,1H3,(H2,21,22,24)/t15-/m0/s1. The normalized spacial score (nSPS) is 11.7. The predicted molar refractivity (Wildman–Crippen MR) is 93.8 cm³/mol. The average Bonchev–Trinajstić information content (AvgIpc) is 3.15. The molecule has 3 rings (SSSR count). The van der Waals surface area contributed by atoms with Crippen LogP contribution in [0.15, 0.2) is 73.3 Å². The highest BCUT2D eigenvalue weighted by Crippen LogP contribution is 2.14. The van der Waals surface area contributed by atoms with Crippen LogP contribution in [0.25, 0.3) is 5.69 Å². The monoisotopic (exact) mass is 320 g/mol. The molecule has 0 aliphatic rings. The van der Waals surface area contributed by atoms with Gasteiger partial charge in [0.25, 0.3) is 0 Å². The average molecular weight is 320 g/mol. The minimum Gasteiger partial charge on any atom is -0.334 e. The van der Waals surface area contributed by atoms with E-state index in [1.54, 1.807) is 12.5 Å². The van der Waals surface area contributed by atoms with E-state index < -0.39 is 0 Å². The first-order chi connectivity index (χ1) is 11.7. The van der Waals surface area contributed by atoms with E-state index in [1.165, 1.54) is 0 Å². The summed E-state index contributed by atoms with van der Waals surface area (Å²) in [5.41, 5.74) is 3.11. The van der Waals surface area contributed by atoms with E-state index in [4.69, 9.17) is 0 Å². The molecule has 5 heteroatoms. The van der Waals surface area contributed by atoms with Crippen molar-refractivity contribution in [3.05, 3.63) is 84.4 Å². The topological polar surface area (TPSA) is 59.0 Å². The number of nitrogens with one attached hydrogen (secondary N) is 2. The number of aromatic nitrogens is 2. The lowest BCUT2D eigenvalue weighted by Crippen LogP contribution is -2.36. The molecule has 1 heterocycles. The summed E-state index contributed by atoms with van der Waals surface area (Å²) in [5.74, 6) is 0. The Morgan fingerprint density at radius 3 is 2.62 bits per heavy atom. The summed E-state index contributed by atoms with van der Waals surface area (Å²) in [7, 11) is 0. The molecule has 0 fully saturated rings. The molecule has 2 amide bonds. The molecule has 1 atom stereocenters. The molecule has 3 aromatic rings. The van der Waals surface area contributed by atoms with Crippen molar-refractivity contribution in [1.29, 1.82) is 0 Å². The molecule has 5 nitrogen and oxygen atoms in total. The number of carbonyl (C=O) groups excluding carboxylic acids is 1. The molecule has 24 heavy (non-hydrogen) atoms. The number of carbonyl (C=O) groups is 1. The van der Waals surface area contributed by atoms with Crippen LogP contribution in [-0.2, 0) is 6.54 Å². The fraction of sp³-hybridized carbons (Fsp3) is 0.158. The third kappa shape index (κ3) is 3.81. The maximum absolute atomic E-state index is 12.2. The molecule has 0 aliphatic carbocycles. The van der Waals surface area contributed by atoms with E-state index in [0.29, 0.717) is 6.54 Å². The first kappa shape index (κ1) is 15.8. The van der Waals surface area contributed by atoms with Gasteiger partial charge >= 0.3 is 6.03 Å². The number of urea groups is 1. The number of imidazole rings is 1. The highest BCUT2D eigenvalue weighted by atomic mass is 16.2. The SMILES string of the molecule is C[C@H](NC(=O)NCc1ccccc1-n1ccnc1)c1ccccc1. The smallest absolute Gasteiger partial charge is 0.315 e. The highest BCUT2D eigenvalue weighted by Gasteiger charge is 2.10. The first-order valence-electron chi connectivity index (χ1n) is 7.89. The van der Waals surface area contributed by atoms with Crippen LogP contribution in [0.1, 0.15) is 24.1 Å². The number of nitrogens with zero attached hydrogens (tertiary/aromatic N) is 2. The Kier molecular flexibility index (Phi) is 4.91. The molecular formula is C19H20N4O. The lowest BCUT2D eigenvalue weighted by atomic mass is 10.1. The summed E-state index contributed by atoms with van der Waals surface area (Å²) < 4.78 is 1.93. The molecule has 122 valence electrons. The molecule has 0 aliphatic heterocycles. The zero-order valence-electron chi connectivity index (χ0n) is 13.5. The molecule has 0 saturated heterocycles. The molecule has 1 aromatic heterocycles. The Balaban J connectivity index is 1.61. The van der Waals surface area contributed by atoms with Gasteiger partial charge in [-0.3, -0.25) is 0 Å². The van der Waals surface area contributed by atoms with Crippen LogP contribution < -0.4 is 10.6 Å². The van der Waals surface area contributed by atoms with E-state index >= 15 is 0 Å². The summed E-state index contributed by atoms with van der Waals surface area (Å²) in [5, 5.41) is 5.87. The van der Waals surface area contributed by atoms with Gasteiger partial charge in [-0.25, -0.2) is 9.78 Å². The van der Waals surface area contributed by atoms with Gasteiger partial charge < -0.3 is 15.2 Å². The first-order valence-corrected chi connectivity index (χ1v) is 7.89. The second-order valence-electron chi connectivity index (χ2n) is 5.56. The number of hydrogen-bond acceptors (Lipinski definition) is 2. The van der Waals surface area contributed by atoms with Gasteiger partial charge in [-0.1, -0.05) is 48.5 Å². The summed E-state index contributed by atoms with van der Waals surface area (Å²) >= 11 is 0. The highest BCUT2D eigenvalue weighted by molar-refractivity contribution is 5.74. The fourth-order valence-electron chi connectivity index (χ4n) is 2.56. The maximum atomic E-state index is 12.2. The van der Waals surface area contributed by atoms with Gasteiger partial charge in [0.1, 0.15) is 0 Å². The molecule has 0 spiro atoms. The van der Waals surface area contributed by atoms with Crippen molar-refractivity contribution in [3.8, 4) is 5.69 Å². The van der Waals surface area contributed by atoms with Gasteiger partial charge in [0, 0.05) is 18.9 Å². The van der Waals surface area contributed by atoms with Crippen LogP contribution in [0.3, 0.4) is 0 Å². The quantitative estimate of drug-likeness (QED) is 0.756. The number of amides is 2. The minimum atomic E-state index is -0.188. The summed E-state index contributed by atoms with van der Waals surface area (Å²) in [6.45, 7) is 2.41. The van der Waals surface area contributed by atoms with Crippen LogP contribution >= 0.6 is 0 Å². The Hall–Kier alpha value is -3.08. The van der Waals surface area contributed by atoms with Gasteiger partial charge in [-0.15, -0.1) is 0 Å². The van der Waals surface area contributed by atoms with Crippen molar-refractivity contribution >= 4 is 6.03 Å². The Bertz CT molecular complexity index is 784. The molecule has 0 saturated carbocycles. The van der Waals surface area contributed by atoms with Gasteiger partial charge in [-0.2, -0.15) is 0 Å². The van der Waals surface area contributed by atoms with Crippen LogP contribution in [0, 0.1) is 0 Å². The Morgan fingerprint density at radius 1 is 1.12 bits per heavy atom. The lowest BCUT2D eigenvalue weighted by molar-refractivity contribution is 0.237. The number of benzene rings is 2. The van der Waals surface area contributed by atoms with E-state index in [-0.39, 0.29) is 12.1 Å². The predicted octanol–water partition coefficient (Wildman–Crippen LogP) is 3.43. The van der Waals surface area contributed by atoms with Crippen molar-refractivity contribution in [2.75, 3.05) is 0 Å². The number of para-hydroxylation sites is 1. The van der Waals surface area contributed by atoms with Crippen molar-refractivity contribution in [2.24, 2.45) is 0 Å². The molecule has 0 radical (unpaired) electrons. The van der Waals surface area contributed by atoms with Crippen LogP contribution in [0.2, 0.25) is 0 Å². The summed E-state index contributed by atoms with van der Waals surface area (Å²) in [4.78, 5) is 16.2. The zero-order chi connectivity index (χ0) is 16.8. The van der Waals surface area contributed by atoms with E-state index in [0.717, 1.165) is 16.8 Å². The Labute approximate surface area is 141 Å². The second kappa shape index (κ2) is 7.46. The van der Waals surface area contributed by atoms with Gasteiger partial charge in [0.15, 0.2) is 0 Å². The van der Waals surface area contributed by atoms with Crippen LogP contribution in [0.4, 0.5) is 4.79 Å². The molecule has 0 unspecified atom stereocenters. The molecule has 2 aromatic carbocycles. The third-order valence-electron chi connectivity index (χ3n) is 3.86. The summed E-state index contributed by atoms with van der Waals surface area (Å²) in [6, 6.07) is 17.6. The molecule has 0 bridgehead atoms. The van der Waals surface area contributed by atoms with Gasteiger partial charge in [0.2, 0.25) is 0 Å². The van der Waals surface area contributed by atoms with Gasteiger partial charge in [-0.05, 0) is 24.1 Å². The second-order valence-corrected chi connectivity index (χ2v) is 5.56. The molecular weight excluding hydrogens is 300 g/mol. The largest absolute Gasteiger partial charge is 0.334 e. The van der Waals surface area contributed by atoms with E-state index in [1.807, 2.05) is 72.3 Å². The lowest BCUT2D eigenvalue weighted by Gasteiger charge is -2.16. The molecule has 2 N–H and O–H groups in total. The Morgan fingerprint density at radius 2 is 1.88 bits per heavy atom. The van der Waals surface area contributed by atoms with Crippen molar-refractivity contribution < 1.29 is 4.79 Å². The van der Waals surface area contributed by atoms with Gasteiger partial charge in [0.05, 0.1) is 18.1 Å². The third-order valence-corrected chi connectivity index (χ3v) is 3.86. The van der Waals surface area contributed by atoms with Crippen molar-refractivity contribution in [3.63, 3.8) is 0 Å². The van der Waals surface area contributed by atoms with Crippen molar-refractivity contribution in [2.45, 2.75) is 19.5 Å². The summed E-state index contributed by atoms with van der Waals surface area (Å²) in [6.07, 6.45) is 5.37. The number of hydrogen-bond donors (Lipinski definition) is 2. The van der Waals surface area contributed by atoms with Crippen LogP contribution in [0.5, 0.6) is 0 Å². The van der Waals surface area contributed by atoms with Crippen molar-refractivity contribution in [1.82, 2.24) is 20.2 Å². The van der Waals surface area contributed by atoms with E-state index in [9.17, 15) is 4.79 Å². The van der Waals surface area contributed by atoms with Crippen LogP contribution in [-0.4, -0.2) is 15.6 Å². The fourth-order valence-corrected chi connectivity index (χ4v) is 2.56. The minimum absolute atomic E-state index is 0.0462. The van der Waals surface area contributed by atoms with E-state index in [2.05, 4.69) is 15.6 Å².